The number of hydrogen-bond acceptors (Lipinski definition) is 3. The molecule has 0 spiro atoms. The molecule has 144 valence electrons. The summed E-state index contributed by atoms with van der Waals surface area (Å²) in [5.41, 5.74) is 5.76. The number of aromatic amines is 1. The summed E-state index contributed by atoms with van der Waals surface area (Å²) in [6.45, 7) is 2.89. The number of aromatic nitrogens is 2. The van der Waals surface area contributed by atoms with Gasteiger partial charge in [0.15, 0.2) is 0 Å². The Kier molecular flexibility index (Phi) is 5.01. The second-order valence-electron chi connectivity index (χ2n) is 7.40. The van der Waals surface area contributed by atoms with Crippen molar-refractivity contribution in [2.45, 2.75) is 19.8 Å². The fraction of sp³-hybridized carbons (Fsp3) is 0.261. The van der Waals surface area contributed by atoms with Crippen molar-refractivity contribution in [3.8, 4) is 22.5 Å². The van der Waals surface area contributed by atoms with Crippen LogP contribution in [0.3, 0.4) is 0 Å². The molecule has 0 fully saturated rings. The highest BCUT2D eigenvalue weighted by molar-refractivity contribution is 5.94. The van der Waals surface area contributed by atoms with E-state index in [0.717, 1.165) is 64.1 Å². The third-order valence-electron chi connectivity index (χ3n) is 5.06. The van der Waals surface area contributed by atoms with Crippen LogP contribution < -0.4 is 0 Å². The Labute approximate surface area is 164 Å². The molecule has 0 saturated carbocycles. The van der Waals surface area contributed by atoms with Gasteiger partial charge in [0.2, 0.25) is 0 Å². The molecule has 2 heterocycles. The van der Waals surface area contributed by atoms with E-state index in [4.69, 9.17) is 4.52 Å². The lowest BCUT2D eigenvalue weighted by molar-refractivity contribution is 0.399. The molecule has 0 unspecified atom stereocenters. The van der Waals surface area contributed by atoms with Crippen LogP contribution in [0.25, 0.3) is 33.4 Å². The van der Waals surface area contributed by atoms with Crippen molar-refractivity contribution in [3.63, 3.8) is 0 Å². The van der Waals surface area contributed by atoms with Gasteiger partial charge in [-0.25, -0.2) is 4.39 Å². The normalized spacial score (nSPS) is 11.6. The fourth-order valence-electron chi connectivity index (χ4n) is 3.72. The van der Waals surface area contributed by atoms with E-state index in [2.05, 4.69) is 29.1 Å². The predicted molar refractivity (Wildman–Crippen MR) is 111 cm³/mol. The summed E-state index contributed by atoms with van der Waals surface area (Å²) in [4.78, 5) is 5.66. The van der Waals surface area contributed by atoms with Gasteiger partial charge in [-0.05, 0) is 64.2 Å². The van der Waals surface area contributed by atoms with Gasteiger partial charge >= 0.3 is 0 Å². The van der Waals surface area contributed by atoms with Gasteiger partial charge in [0, 0.05) is 16.5 Å². The van der Waals surface area contributed by atoms with Crippen LogP contribution in [-0.4, -0.2) is 35.7 Å². The lowest BCUT2D eigenvalue weighted by atomic mass is 9.97. The van der Waals surface area contributed by atoms with Crippen LogP contribution >= 0.6 is 0 Å². The van der Waals surface area contributed by atoms with E-state index in [9.17, 15) is 4.39 Å². The van der Waals surface area contributed by atoms with Crippen LogP contribution in [0.5, 0.6) is 0 Å². The van der Waals surface area contributed by atoms with Crippen molar-refractivity contribution in [3.05, 3.63) is 65.7 Å². The molecule has 28 heavy (non-hydrogen) atoms. The third kappa shape index (κ3) is 3.45. The minimum atomic E-state index is -0.225. The van der Waals surface area contributed by atoms with E-state index >= 15 is 0 Å². The standard InChI is InChI=1S/C23H24FN3O/c1-15-21(22(26-28-15)16-8-5-4-6-9-16)23-18(10-7-13-27(2)3)19-14-17(24)11-12-20(19)25-23/h4-6,8-9,11-12,14,25H,7,10,13H2,1-3H3. The highest BCUT2D eigenvalue weighted by Crippen LogP contribution is 2.39. The van der Waals surface area contributed by atoms with Crippen molar-refractivity contribution >= 4 is 10.9 Å². The lowest BCUT2D eigenvalue weighted by Gasteiger charge is -2.10. The van der Waals surface area contributed by atoms with E-state index in [-0.39, 0.29) is 5.82 Å². The number of halogens is 1. The van der Waals surface area contributed by atoms with Crippen molar-refractivity contribution in [1.29, 1.82) is 0 Å². The first-order chi connectivity index (χ1) is 13.5. The summed E-state index contributed by atoms with van der Waals surface area (Å²) in [7, 11) is 4.13. The number of aryl methyl sites for hydroxylation is 2. The van der Waals surface area contributed by atoms with Gasteiger partial charge in [-0.2, -0.15) is 0 Å². The first kappa shape index (κ1) is 18.4. The summed E-state index contributed by atoms with van der Waals surface area (Å²) < 4.78 is 19.6. The largest absolute Gasteiger partial charge is 0.360 e. The van der Waals surface area contributed by atoms with Gasteiger partial charge < -0.3 is 14.4 Å². The summed E-state index contributed by atoms with van der Waals surface area (Å²) in [5, 5.41) is 5.25. The molecule has 0 aliphatic rings. The molecule has 0 saturated heterocycles. The number of H-pyrrole nitrogens is 1. The van der Waals surface area contributed by atoms with Gasteiger partial charge in [-0.1, -0.05) is 35.5 Å². The molecule has 1 N–H and O–H groups in total. The van der Waals surface area contributed by atoms with Crippen LogP contribution in [0.2, 0.25) is 0 Å². The molecule has 4 nitrogen and oxygen atoms in total. The summed E-state index contributed by atoms with van der Waals surface area (Å²) in [6.07, 6.45) is 1.82. The number of benzene rings is 2. The van der Waals surface area contributed by atoms with Gasteiger partial charge in [0.05, 0.1) is 11.3 Å². The molecule has 4 aromatic rings. The molecule has 0 aliphatic carbocycles. The average Bonchev–Trinajstić information content (AvgIpc) is 3.22. The second-order valence-corrected chi connectivity index (χ2v) is 7.40. The van der Waals surface area contributed by atoms with Crippen LogP contribution in [0.15, 0.2) is 53.1 Å². The lowest BCUT2D eigenvalue weighted by Crippen LogP contribution is -2.13. The maximum Gasteiger partial charge on any atom is 0.143 e. The van der Waals surface area contributed by atoms with Crippen molar-refractivity contribution in [1.82, 2.24) is 15.0 Å². The Balaban J connectivity index is 1.88. The quantitative estimate of drug-likeness (QED) is 0.487. The van der Waals surface area contributed by atoms with Crippen LogP contribution in [0.4, 0.5) is 4.39 Å². The average molecular weight is 377 g/mol. The molecule has 2 aromatic heterocycles. The summed E-state index contributed by atoms with van der Waals surface area (Å²) in [6, 6.07) is 14.9. The van der Waals surface area contributed by atoms with Crippen molar-refractivity contribution < 1.29 is 8.91 Å². The molecule has 0 radical (unpaired) electrons. The molecular weight excluding hydrogens is 353 g/mol. The van der Waals surface area contributed by atoms with Gasteiger partial charge in [-0.15, -0.1) is 0 Å². The molecular formula is C23H24FN3O. The van der Waals surface area contributed by atoms with Crippen LogP contribution in [0.1, 0.15) is 17.7 Å². The number of fused-ring (bicyclic) bond motifs is 1. The minimum absolute atomic E-state index is 0.225. The second kappa shape index (κ2) is 7.60. The minimum Gasteiger partial charge on any atom is -0.360 e. The van der Waals surface area contributed by atoms with E-state index in [1.165, 1.54) is 6.07 Å². The topological polar surface area (TPSA) is 45.1 Å². The van der Waals surface area contributed by atoms with E-state index in [1.54, 1.807) is 12.1 Å². The summed E-state index contributed by atoms with van der Waals surface area (Å²) in [5.74, 6) is 0.525. The smallest absolute Gasteiger partial charge is 0.143 e. The molecule has 5 heteroatoms. The number of rotatable bonds is 6. The van der Waals surface area contributed by atoms with Gasteiger partial charge in [0.1, 0.15) is 17.3 Å². The third-order valence-corrected chi connectivity index (χ3v) is 5.06. The van der Waals surface area contributed by atoms with E-state index in [0.29, 0.717) is 0 Å². The monoisotopic (exact) mass is 377 g/mol. The van der Waals surface area contributed by atoms with Crippen molar-refractivity contribution in [2.75, 3.05) is 20.6 Å². The highest BCUT2D eigenvalue weighted by atomic mass is 19.1. The molecule has 2 aromatic carbocycles. The van der Waals surface area contributed by atoms with Crippen LogP contribution in [0, 0.1) is 12.7 Å². The molecule has 0 amide bonds. The molecule has 0 bridgehead atoms. The van der Waals surface area contributed by atoms with E-state index < -0.39 is 0 Å². The highest BCUT2D eigenvalue weighted by Gasteiger charge is 2.22. The SMILES string of the molecule is Cc1onc(-c2ccccc2)c1-c1[nH]c2ccc(F)cc2c1CCCN(C)C. The zero-order valence-electron chi connectivity index (χ0n) is 16.4. The van der Waals surface area contributed by atoms with Crippen molar-refractivity contribution in [2.24, 2.45) is 0 Å². The maximum absolute atomic E-state index is 14.0. The zero-order chi connectivity index (χ0) is 19.7. The Bertz CT molecular complexity index is 1100. The van der Waals surface area contributed by atoms with Gasteiger partial charge in [-0.3, -0.25) is 0 Å². The fourth-order valence-corrected chi connectivity index (χ4v) is 3.72. The molecule has 0 aliphatic heterocycles. The van der Waals surface area contributed by atoms with Gasteiger partial charge in [0.25, 0.3) is 0 Å². The maximum atomic E-state index is 14.0. The Morgan fingerprint density at radius 2 is 1.89 bits per heavy atom. The molecule has 0 atom stereocenters. The Hall–Kier alpha value is -2.92. The number of hydrogen-bond donors (Lipinski definition) is 1. The molecule has 4 rings (SSSR count). The number of nitrogens with zero attached hydrogens (tertiary/aromatic N) is 2. The Morgan fingerprint density at radius 1 is 1.11 bits per heavy atom. The Morgan fingerprint density at radius 3 is 2.64 bits per heavy atom. The predicted octanol–water partition coefficient (Wildman–Crippen LogP) is 5.43. The number of nitrogens with one attached hydrogen (secondary N) is 1. The van der Waals surface area contributed by atoms with E-state index in [1.807, 2.05) is 37.3 Å². The first-order valence-electron chi connectivity index (χ1n) is 9.51. The summed E-state index contributed by atoms with van der Waals surface area (Å²) >= 11 is 0. The van der Waals surface area contributed by atoms with Crippen LogP contribution in [-0.2, 0) is 6.42 Å². The first-order valence-corrected chi connectivity index (χ1v) is 9.51. The zero-order valence-corrected chi connectivity index (χ0v) is 16.4.